The Morgan fingerprint density at radius 1 is 1.21 bits per heavy atom. The average molecular weight is 189 g/mol. The molecule has 0 aliphatic rings. The van der Waals surface area contributed by atoms with Crippen LogP contribution in [-0.4, -0.2) is 20.4 Å². The van der Waals surface area contributed by atoms with Gasteiger partial charge in [-0.1, -0.05) is 32.0 Å². The molecule has 4 radical (unpaired) electrons. The van der Waals surface area contributed by atoms with E-state index in [0.717, 1.165) is 0 Å². The van der Waals surface area contributed by atoms with Gasteiger partial charge in [-0.05, 0) is 6.92 Å². The second-order valence-corrected chi connectivity index (χ2v) is 2.04. The van der Waals surface area contributed by atoms with Crippen molar-refractivity contribution in [1.82, 2.24) is 0 Å². The van der Waals surface area contributed by atoms with E-state index in [0.29, 0.717) is 5.56 Å². The van der Waals surface area contributed by atoms with E-state index < -0.39 is 0 Å². The molecule has 0 amide bonds. The fourth-order valence-electron chi connectivity index (χ4n) is 0.768. The predicted molar refractivity (Wildman–Crippen MR) is 60.7 cm³/mol. The van der Waals surface area contributed by atoms with Crippen LogP contribution < -0.4 is 0 Å². The normalized spacial score (nSPS) is 7.36. The molecule has 0 fully saturated rings. The van der Waals surface area contributed by atoms with E-state index in [2.05, 4.69) is 15.5 Å². The molecule has 0 atom stereocenters. The van der Waals surface area contributed by atoms with Crippen LogP contribution in [0.15, 0.2) is 24.3 Å². The summed E-state index contributed by atoms with van der Waals surface area (Å²) in [6.45, 7) is 5.72. The molecule has 14 heavy (non-hydrogen) atoms. The van der Waals surface area contributed by atoms with E-state index >= 15 is 0 Å². The third-order valence-electron chi connectivity index (χ3n) is 1.31. The molecule has 0 saturated carbocycles. The van der Waals surface area contributed by atoms with Gasteiger partial charge in [-0.25, -0.2) is 0 Å². The molecule has 0 aliphatic carbocycles. The molecular weight excluding hydrogens is 176 g/mol. The van der Waals surface area contributed by atoms with Gasteiger partial charge in [-0.3, -0.25) is 10.1 Å². The highest BCUT2D eigenvalue weighted by atomic mass is 16.6. The summed E-state index contributed by atoms with van der Waals surface area (Å²) in [6.07, 6.45) is 0. The van der Waals surface area contributed by atoms with E-state index in [1.54, 1.807) is 25.1 Å². The van der Waals surface area contributed by atoms with Crippen molar-refractivity contribution < 1.29 is 4.92 Å². The van der Waals surface area contributed by atoms with Gasteiger partial charge in [-0.15, -0.1) is 0 Å². The highest BCUT2D eigenvalue weighted by molar-refractivity contribution is 6.75. The molecule has 0 unspecified atom stereocenters. The van der Waals surface area contributed by atoms with Crippen LogP contribution in [0.5, 0.6) is 0 Å². The van der Waals surface area contributed by atoms with Crippen LogP contribution in [0.3, 0.4) is 0 Å². The standard InChI is InChI=1S/C7H7NO2.C2H6.B2/c1-6-4-2-3-5-7(6)8(9)10;2*1-2/h2-5H,1H3;1-2H3;. The first-order chi connectivity index (χ1) is 6.72. The van der Waals surface area contributed by atoms with Crippen molar-refractivity contribution in [2.45, 2.75) is 20.8 Å². The maximum atomic E-state index is 10.2. The zero-order valence-electron chi connectivity index (χ0n) is 8.73. The molecular formula is C9H13B2NO2. The Hall–Kier alpha value is -1.25. The molecule has 0 bridgehead atoms. The largest absolute Gasteiger partial charge is 0.272 e. The summed E-state index contributed by atoms with van der Waals surface area (Å²) in [4.78, 5) is 9.85. The first-order valence-electron chi connectivity index (χ1n) is 4.25. The number of aryl methyl sites for hydroxylation is 1. The van der Waals surface area contributed by atoms with E-state index in [9.17, 15) is 10.1 Å². The van der Waals surface area contributed by atoms with Gasteiger partial charge < -0.3 is 0 Å². The van der Waals surface area contributed by atoms with E-state index in [1.807, 2.05) is 13.8 Å². The molecule has 1 rings (SSSR count). The van der Waals surface area contributed by atoms with Crippen molar-refractivity contribution in [1.29, 1.82) is 0 Å². The maximum Gasteiger partial charge on any atom is 0.272 e. The van der Waals surface area contributed by atoms with Crippen LogP contribution in [0.1, 0.15) is 19.4 Å². The summed E-state index contributed by atoms with van der Waals surface area (Å²) in [6, 6.07) is 6.65. The molecule has 0 spiro atoms. The van der Waals surface area contributed by atoms with Crippen LogP contribution in [0, 0.1) is 17.0 Å². The van der Waals surface area contributed by atoms with Gasteiger partial charge in [0, 0.05) is 27.1 Å². The molecule has 3 nitrogen and oxygen atoms in total. The Kier molecular flexibility index (Phi) is 10.7. The van der Waals surface area contributed by atoms with Gasteiger partial charge >= 0.3 is 0 Å². The molecule has 72 valence electrons. The Morgan fingerprint density at radius 2 is 1.64 bits per heavy atom. The monoisotopic (exact) mass is 189 g/mol. The Labute approximate surface area is 87.5 Å². The first kappa shape index (κ1) is 15.2. The van der Waals surface area contributed by atoms with Crippen LogP contribution in [0.4, 0.5) is 5.69 Å². The van der Waals surface area contributed by atoms with Gasteiger partial charge in [0.2, 0.25) is 0 Å². The summed E-state index contributed by atoms with van der Waals surface area (Å²) in [7, 11) is 8.00. The van der Waals surface area contributed by atoms with Crippen LogP contribution in [0.2, 0.25) is 0 Å². The summed E-state index contributed by atoms with van der Waals surface area (Å²) in [5.41, 5.74) is 0.884. The quantitative estimate of drug-likeness (QED) is 0.385. The third kappa shape index (κ3) is 5.41. The number of nitrogens with zero attached hydrogens (tertiary/aromatic N) is 1. The van der Waals surface area contributed by atoms with Crippen molar-refractivity contribution in [3.05, 3.63) is 39.9 Å². The Morgan fingerprint density at radius 3 is 1.93 bits per heavy atom. The van der Waals surface area contributed by atoms with Gasteiger partial charge in [-0.2, -0.15) is 0 Å². The molecule has 1 aromatic carbocycles. The Balaban J connectivity index is 0. The summed E-state index contributed by atoms with van der Waals surface area (Å²) in [5.74, 6) is 0. The SMILES string of the molecule is CC.Cc1ccccc1[N+](=O)[O-].[B][B]. The fourth-order valence-corrected chi connectivity index (χ4v) is 0.768. The number of para-hydroxylation sites is 1. The lowest BCUT2D eigenvalue weighted by atomic mass is 9.81. The minimum Gasteiger partial charge on any atom is -0.258 e. The molecule has 5 heteroatoms. The number of hydrogen-bond acceptors (Lipinski definition) is 2. The molecule has 0 saturated heterocycles. The van der Waals surface area contributed by atoms with Crippen LogP contribution in [0.25, 0.3) is 0 Å². The number of nitro groups is 1. The number of nitro benzene ring substituents is 1. The number of rotatable bonds is 1. The second-order valence-electron chi connectivity index (χ2n) is 2.04. The lowest BCUT2D eigenvalue weighted by molar-refractivity contribution is -0.385. The lowest BCUT2D eigenvalue weighted by Gasteiger charge is -1.92. The zero-order chi connectivity index (χ0) is 11.6. The fraction of sp³-hybridized carbons (Fsp3) is 0.333. The van der Waals surface area contributed by atoms with Crippen LogP contribution >= 0.6 is 0 Å². The highest BCUT2D eigenvalue weighted by Crippen LogP contribution is 2.14. The minimum absolute atomic E-state index is 0.183. The van der Waals surface area contributed by atoms with E-state index in [4.69, 9.17) is 0 Å². The van der Waals surface area contributed by atoms with Crippen LogP contribution in [-0.2, 0) is 0 Å². The first-order valence-corrected chi connectivity index (χ1v) is 4.25. The van der Waals surface area contributed by atoms with Crippen molar-refractivity contribution in [2.24, 2.45) is 0 Å². The summed E-state index contributed by atoms with van der Waals surface area (Å²) < 4.78 is 0. The molecule has 1 aromatic rings. The number of benzene rings is 1. The summed E-state index contributed by atoms with van der Waals surface area (Å²) in [5, 5.41) is 10.2. The topological polar surface area (TPSA) is 43.1 Å². The number of hydrogen-bond donors (Lipinski definition) is 0. The minimum atomic E-state index is -0.380. The smallest absolute Gasteiger partial charge is 0.258 e. The summed E-state index contributed by atoms with van der Waals surface area (Å²) >= 11 is 0. The van der Waals surface area contributed by atoms with Crippen molar-refractivity contribution >= 4 is 21.2 Å². The maximum absolute atomic E-state index is 10.2. The lowest BCUT2D eigenvalue weighted by Crippen LogP contribution is -1.89. The van der Waals surface area contributed by atoms with Gasteiger partial charge in [0.1, 0.15) is 0 Å². The second kappa shape index (κ2) is 9.83. The highest BCUT2D eigenvalue weighted by Gasteiger charge is 2.05. The predicted octanol–water partition coefficient (Wildman–Crippen LogP) is 2.17. The molecule has 0 N–H and O–H groups in total. The van der Waals surface area contributed by atoms with E-state index in [1.165, 1.54) is 6.07 Å². The van der Waals surface area contributed by atoms with Crippen molar-refractivity contribution in [3.63, 3.8) is 0 Å². The third-order valence-corrected chi connectivity index (χ3v) is 1.31. The van der Waals surface area contributed by atoms with Crippen molar-refractivity contribution in [3.8, 4) is 0 Å². The van der Waals surface area contributed by atoms with Gasteiger partial charge in [0.25, 0.3) is 5.69 Å². The molecule has 0 heterocycles. The zero-order valence-corrected chi connectivity index (χ0v) is 8.73. The molecule has 0 aliphatic heterocycles. The van der Waals surface area contributed by atoms with E-state index in [-0.39, 0.29) is 10.6 Å². The van der Waals surface area contributed by atoms with Gasteiger partial charge in [0.05, 0.1) is 4.92 Å². The Bertz CT molecular complexity index is 267. The van der Waals surface area contributed by atoms with Gasteiger partial charge in [0.15, 0.2) is 0 Å². The van der Waals surface area contributed by atoms with Crippen molar-refractivity contribution in [2.75, 3.05) is 0 Å². The molecule has 0 aromatic heterocycles. The average Bonchev–Trinajstić information content (AvgIpc) is 2.24.